The molecule has 23 heavy (non-hydrogen) atoms. The van der Waals surface area contributed by atoms with Gasteiger partial charge in [-0.05, 0) is 24.3 Å². The van der Waals surface area contributed by atoms with Crippen LogP contribution >= 0.6 is 11.8 Å². The minimum absolute atomic E-state index is 0.0853. The molecule has 2 aromatic carbocycles. The van der Waals surface area contributed by atoms with Crippen LogP contribution in [0.25, 0.3) is 0 Å². The minimum Gasteiger partial charge on any atom is -0.465 e. The first-order valence-corrected chi connectivity index (χ1v) is 7.55. The molecule has 7 heteroatoms. The second-order valence-corrected chi connectivity index (χ2v) is 5.47. The third-order valence-corrected chi connectivity index (χ3v) is 3.91. The van der Waals surface area contributed by atoms with Gasteiger partial charge in [-0.2, -0.15) is 0 Å². The molecule has 0 atom stereocenters. The standard InChI is InChI=1S/C16H13F2NO3S/c1-22-16(21)11-4-2-3-5-13(11)19-15(20)9-23-14-7-6-10(17)8-12(14)18/h2-8H,9H2,1H3,(H,19,20). The summed E-state index contributed by atoms with van der Waals surface area (Å²) in [5.74, 6) is -2.48. The number of anilines is 1. The molecule has 0 aliphatic rings. The predicted molar refractivity (Wildman–Crippen MR) is 83.5 cm³/mol. The van der Waals surface area contributed by atoms with Crippen LogP contribution in [0.15, 0.2) is 47.4 Å². The summed E-state index contributed by atoms with van der Waals surface area (Å²) in [6, 6.07) is 9.54. The van der Waals surface area contributed by atoms with E-state index in [-0.39, 0.29) is 16.2 Å². The van der Waals surface area contributed by atoms with Gasteiger partial charge in [-0.3, -0.25) is 4.79 Å². The number of thioether (sulfide) groups is 1. The van der Waals surface area contributed by atoms with Crippen molar-refractivity contribution in [2.24, 2.45) is 0 Å². The quantitative estimate of drug-likeness (QED) is 0.670. The SMILES string of the molecule is COC(=O)c1ccccc1NC(=O)CSc1ccc(F)cc1F. The highest BCUT2D eigenvalue weighted by atomic mass is 32.2. The summed E-state index contributed by atoms with van der Waals surface area (Å²) in [7, 11) is 1.24. The molecule has 0 unspecified atom stereocenters. The predicted octanol–water partition coefficient (Wildman–Crippen LogP) is 3.48. The average molecular weight is 337 g/mol. The second-order valence-electron chi connectivity index (χ2n) is 4.45. The first-order valence-electron chi connectivity index (χ1n) is 6.56. The van der Waals surface area contributed by atoms with Gasteiger partial charge in [0.2, 0.25) is 5.91 Å². The van der Waals surface area contributed by atoms with Crippen LogP contribution in [0.5, 0.6) is 0 Å². The van der Waals surface area contributed by atoms with Crippen LogP contribution in [0.1, 0.15) is 10.4 Å². The number of carbonyl (C=O) groups is 2. The molecule has 120 valence electrons. The summed E-state index contributed by atoms with van der Waals surface area (Å²) < 4.78 is 30.9. The third kappa shape index (κ3) is 4.53. The monoisotopic (exact) mass is 337 g/mol. The number of hydrogen-bond acceptors (Lipinski definition) is 4. The maximum atomic E-state index is 13.5. The van der Waals surface area contributed by atoms with Crippen LogP contribution in [0.2, 0.25) is 0 Å². The molecular weight excluding hydrogens is 324 g/mol. The number of halogens is 2. The Bertz CT molecular complexity index is 737. The van der Waals surface area contributed by atoms with E-state index in [9.17, 15) is 18.4 Å². The van der Waals surface area contributed by atoms with Gasteiger partial charge in [0.1, 0.15) is 11.6 Å². The topological polar surface area (TPSA) is 55.4 Å². The Balaban J connectivity index is 2.01. The van der Waals surface area contributed by atoms with Gasteiger partial charge in [0.25, 0.3) is 0 Å². The van der Waals surface area contributed by atoms with Gasteiger partial charge >= 0.3 is 5.97 Å². The van der Waals surface area contributed by atoms with Gasteiger partial charge in [0, 0.05) is 11.0 Å². The van der Waals surface area contributed by atoms with Crippen molar-refractivity contribution in [3.05, 3.63) is 59.7 Å². The molecule has 1 amide bonds. The van der Waals surface area contributed by atoms with E-state index in [0.717, 1.165) is 23.9 Å². The zero-order valence-electron chi connectivity index (χ0n) is 12.1. The summed E-state index contributed by atoms with van der Waals surface area (Å²) in [6.45, 7) is 0. The Labute approximate surface area is 135 Å². The van der Waals surface area contributed by atoms with Gasteiger partial charge in [-0.1, -0.05) is 12.1 Å². The van der Waals surface area contributed by atoms with Crippen LogP contribution in [-0.2, 0) is 9.53 Å². The van der Waals surface area contributed by atoms with E-state index >= 15 is 0 Å². The summed E-state index contributed by atoms with van der Waals surface area (Å²) in [6.07, 6.45) is 0. The molecule has 0 fully saturated rings. The van der Waals surface area contributed by atoms with E-state index in [4.69, 9.17) is 0 Å². The zero-order valence-corrected chi connectivity index (χ0v) is 13.0. The number of amides is 1. The molecule has 0 aromatic heterocycles. The Morgan fingerprint density at radius 1 is 1.17 bits per heavy atom. The normalized spacial score (nSPS) is 10.2. The van der Waals surface area contributed by atoms with Crippen molar-refractivity contribution in [3.63, 3.8) is 0 Å². The molecular formula is C16H13F2NO3S. The van der Waals surface area contributed by atoms with Crippen LogP contribution in [0.3, 0.4) is 0 Å². The van der Waals surface area contributed by atoms with Crippen LogP contribution < -0.4 is 5.32 Å². The average Bonchev–Trinajstić information content (AvgIpc) is 2.54. The number of ether oxygens (including phenoxy) is 1. The van der Waals surface area contributed by atoms with Gasteiger partial charge < -0.3 is 10.1 Å². The smallest absolute Gasteiger partial charge is 0.339 e. The second kappa shape index (κ2) is 7.73. The number of para-hydroxylation sites is 1. The number of esters is 1. The lowest BCUT2D eigenvalue weighted by Gasteiger charge is -2.09. The van der Waals surface area contributed by atoms with E-state index in [1.165, 1.54) is 19.2 Å². The lowest BCUT2D eigenvalue weighted by atomic mass is 10.2. The Hall–Kier alpha value is -2.41. The number of rotatable bonds is 5. The van der Waals surface area contributed by atoms with E-state index in [1.54, 1.807) is 18.2 Å². The Morgan fingerprint density at radius 2 is 1.91 bits per heavy atom. The maximum absolute atomic E-state index is 13.5. The largest absolute Gasteiger partial charge is 0.465 e. The lowest BCUT2D eigenvalue weighted by molar-refractivity contribution is -0.113. The van der Waals surface area contributed by atoms with E-state index in [1.807, 2.05) is 0 Å². The first kappa shape index (κ1) is 17.0. The number of nitrogens with one attached hydrogen (secondary N) is 1. The zero-order chi connectivity index (χ0) is 16.8. The molecule has 1 N–H and O–H groups in total. The maximum Gasteiger partial charge on any atom is 0.339 e. The molecule has 0 spiro atoms. The minimum atomic E-state index is -0.724. The molecule has 0 heterocycles. The summed E-state index contributed by atoms with van der Waals surface area (Å²) in [5.41, 5.74) is 0.533. The molecule has 0 radical (unpaired) electrons. The number of benzene rings is 2. The van der Waals surface area contributed by atoms with Crippen molar-refractivity contribution in [2.75, 3.05) is 18.2 Å². The molecule has 0 bridgehead atoms. The van der Waals surface area contributed by atoms with E-state index in [2.05, 4.69) is 10.1 Å². The molecule has 0 aliphatic carbocycles. The van der Waals surface area contributed by atoms with Gasteiger partial charge in [-0.25, -0.2) is 13.6 Å². The fraction of sp³-hybridized carbons (Fsp3) is 0.125. The highest BCUT2D eigenvalue weighted by molar-refractivity contribution is 8.00. The Morgan fingerprint density at radius 3 is 2.61 bits per heavy atom. The van der Waals surface area contributed by atoms with Gasteiger partial charge in [-0.15, -0.1) is 11.8 Å². The van der Waals surface area contributed by atoms with E-state index < -0.39 is 23.5 Å². The molecule has 4 nitrogen and oxygen atoms in total. The van der Waals surface area contributed by atoms with Crippen molar-refractivity contribution in [3.8, 4) is 0 Å². The first-order chi connectivity index (χ1) is 11.0. The summed E-state index contributed by atoms with van der Waals surface area (Å²) >= 11 is 0.933. The van der Waals surface area contributed by atoms with Crippen molar-refractivity contribution < 1.29 is 23.1 Å². The van der Waals surface area contributed by atoms with Crippen molar-refractivity contribution in [1.29, 1.82) is 0 Å². The number of hydrogen-bond donors (Lipinski definition) is 1. The number of carbonyl (C=O) groups excluding carboxylic acids is 2. The molecule has 0 saturated heterocycles. The van der Waals surface area contributed by atoms with Crippen LogP contribution in [0, 0.1) is 11.6 Å². The highest BCUT2D eigenvalue weighted by Gasteiger charge is 2.14. The Kier molecular flexibility index (Phi) is 5.70. The van der Waals surface area contributed by atoms with Crippen molar-refractivity contribution in [1.82, 2.24) is 0 Å². The van der Waals surface area contributed by atoms with Gasteiger partial charge in [0.05, 0.1) is 24.1 Å². The van der Waals surface area contributed by atoms with Crippen molar-refractivity contribution >= 4 is 29.3 Å². The molecule has 2 rings (SSSR count). The number of methoxy groups -OCH3 is 1. The molecule has 2 aromatic rings. The van der Waals surface area contributed by atoms with Crippen LogP contribution in [-0.4, -0.2) is 24.7 Å². The molecule has 0 aliphatic heterocycles. The highest BCUT2D eigenvalue weighted by Crippen LogP contribution is 2.23. The summed E-state index contributed by atoms with van der Waals surface area (Å²) in [5, 5.41) is 2.57. The van der Waals surface area contributed by atoms with E-state index in [0.29, 0.717) is 5.69 Å². The third-order valence-electron chi connectivity index (χ3n) is 2.86. The molecule has 0 saturated carbocycles. The fourth-order valence-corrected chi connectivity index (χ4v) is 2.52. The van der Waals surface area contributed by atoms with Crippen molar-refractivity contribution in [2.45, 2.75) is 4.90 Å². The summed E-state index contributed by atoms with van der Waals surface area (Å²) in [4.78, 5) is 23.7. The lowest BCUT2D eigenvalue weighted by Crippen LogP contribution is -2.17. The van der Waals surface area contributed by atoms with Crippen LogP contribution in [0.4, 0.5) is 14.5 Å². The van der Waals surface area contributed by atoms with Gasteiger partial charge in [0.15, 0.2) is 0 Å². The fourth-order valence-electron chi connectivity index (χ4n) is 1.80.